The number of hydrogen-bond donors (Lipinski definition) is 2. The van der Waals surface area contributed by atoms with Gasteiger partial charge in [-0.25, -0.2) is 4.98 Å². The molecule has 0 aliphatic carbocycles. The van der Waals surface area contributed by atoms with E-state index in [1.165, 1.54) is 0 Å². The number of pyridine rings is 1. The number of nitrogens with one attached hydrogen (secondary N) is 1. The zero-order valence-corrected chi connectivity index (χ0v) is 9.40. The minimum absolute atomic E-state index is 0.207. The zero-order chi connectivity index (χ0) is 10.6. The first-order valence-corrected chi connectivity index (χ1v) is 5.45. The summed E-state index contributed by atoms with van der Waals surface area (Å²) in [6.45, 7) is 2.02. The van der Waals surface area contributed by atoms with Crippen LogP contribution >= 0.6 is 23.4 Å². The standard InChI is InChI=1S/C9H12ClN3S/c1-6(4-8(11)12)14-9-3-2-7(10)5-13-9/h2-3,5-6H,4H2,1H3,(H3,11,12). The summed E-state index contributed by atoms with van der Waals surface area (Å²) in [7, 11) is 0. The molecule has 0 saturated heterocycles. The summed E-state index contributed by atoms with van der Waals surface area (Å²) in [6.07, 6.45) is 2.19. The van der Waals surface area contributed by atoms with Gasteiger partial charge in [-0.05, 0) is 12.1 Å². The van der Waals surface area contributed by atoms with Crippen molar-refractivity contribution in [2.45, 2.75) is 23.6 Å². The van der Waals surface area contributed by atoms with Crippen molar-refractivity contribution in [3.63, 3.8) is 0 Å². The molecule has 14 heavy (non-hydrogen) atoms. The summed E-state index contributed by atoms with van der Waals surface area (Å²) >= 11 is 7.30. The molecule has 3 N–H and O–H groups in total. The number of hydrogen-bond acceptors (Lipinski definition) is 3. The number of thioether (sulfide) groups is 1. The number of nitrogens with zero attached hydrogens (tertiary/aromatic N) is 1. The number of halogens is 1. The minimum atomic E-state index is 0.207. The highest BCUT2D eigenvalue weighted by Gasteiger charge is 2.06. The van der Waals surface area contributed by atoms with Gasteiger partial charge in [0.2, 0.25) is 0 Å². The molecule has 1 aromatic heterocycles. The van der Waals surface area contributed by atoms with Gasteiger partial charge in [-0.15, -0.1) is 11.8 Å². The van der Waals surface area contributed by atoms with E-state index >= 15 is 0 Å². The third-order valence-corrected chi connectivity index (χ3v) is 2.81. The number of aromatic nitrogens is 1. The maximum atomic E-state index is 7.15. The Balaban J connectivity index is 2.51. The lowest BCUT2D eigenvalue weighted by Crippen LogP contribution is -2.14. The second-order valence-electron chi connectivity index (χ2n) is 2.97. The van der Waals surface area contributed by atoms with Gasteiger partial charge in [0.15, 0.2) is 0 Å². The largest absolute Gasteiger partial charge is 0.388 e. The predicted molar refractivity (Wildman–Crippen MR) is 61.1 cm³/mol. The molecule has 0 saturated carbocycles. The SMILES string of the molecule is CC(CC(=N)N)Sc1ccc(Cl)cn1. The third-order valence-electron chi connectivity index (χ3n) is 1.53. The second-order valence-corrected chi connectivity index (χ2v) is 4.87. The van der Waals surface area contributed by atoms with Crippen LogP contribution in [0.2, 0.25) is 5.02 Å². The summed E-state index contributed by atoms with van der Waals surface area (Å²) < 4.78 is 0. The fraction of sp³-hybridized carbons (Fsp3) is 0.333. The first kappa shape index (κ1) is 11.3. The molecule has 0 aliphatic heterocycles. The predicted octanol–water partition coefficient (Wildman–Crippen LogP) is 2.54. The van der Waals surface area contributed by atoms with Crippen LogP contribution in [0.5, 0.6) is 0 Å². The van der Waals surface area contributed by atoms with E-state index < -0.39 is 0 Å². The van der Waals surface area contributed by atoms with Crippen LogP contribution in [0.15, 0.2) is 23.4 Å². The van der Waals surface area contributed by atoms with Gasteiger partial charge in [0.1, 0.15) is 0 Å². The van der Waals surface area contributed by atoms with Crippen LogP contribution in [0.3, 0.4) is 0 Å². The van der Waals surface area contributed by atoms with Crippen molar-refractivity contribution in [3.8, 4) is 0 Å². The fourth-order valence-corrected chi connectivity index (χ4v) is 2.04. The topological polar surface area (TPSA) is 62.8 Å². The molecule has 0 bridgehead atoms. The molecule has 1 unspecified atom stereocenters. The lowest BCUT2D eigenvalue weighted by molar-refractivity contribution is 0.986. The third kappa shape index (κ3) is 3.98. The maximum Gasteiger partial charge on any atom is 0.0963 e. The minimum Gasteiger partial charge on any atom is -0.388 e. The zero-order valence-electron chi connectivity index (χ0n) is 7.83. The Morgan fingerprint density at radius 2 is 2.43 bits per heavy atom. The average molecular weight is 230 g/mol. The average Bonchev–Trinajstić information content (AvgIpc) is 2.07. The van der Waals surface area contributed by atoms with Crippen LogP contribution < -0.4 is 5.73 Å². The number of amidine groups is 1. The summed E-state index contributed by atoms with van der Waals surface area (Å²) in [4.78, 5) is 4.15. The van der Waals surface area contributed by atoms with Crippen LogP contribution in [0, 0.1) is 5.41 Å². The van der Waals surface area contributed by atoms with Gasteiger partial charge >= 0.3 is 0 Å². The highest BCUT2D eigenvalue weighted by molar-refractivity contribution is 7.99. The van der Waals surface area contributed by atoms with E-state index in [0.29, 0.717) is 11.4 Å². The summed E-state index contributed by atoms with van der Waals surface area (Å²) in [5.41, 5.74) is 5.30. The molecule has 0 radical (unpaired) electrons. The first-order valence-electron chi connectivity index (χ1n) is 4.19. The molecule has 3 nitrogen and oxygen atoms in total. The fourth-order valence-electron chi connectivity index (χ4n) is 0.989. The van der Waals surface area contributed by atoms with Gasteiger partial charge in [-0.1, -0.05) is 18.5 Å². The van der Waals surface area contributed by atoms with E-state index in [4.69, 9.17) is 22.7 Å². The summed E-state index contributed by atoms with van der Waals surface area (Å²) in [5.74, 6) is 0.207. The second kappa shape index (κ2) is 5.22. The van der Waals surface area contributed by atoms with Crippen molar-refractivity contribution < 1.29 is 0 Å². The van der Waals surface area contributed by atoms with Gasteiger partial charge < -0.3 is 5.73 Å². The molecule has 1 heterocycles. The van der Waals surface area contributed by atoms with Crippen LogP contribution in [-0.4, -0.2) is 16.1 Å². The van der Waals surface area contributed by atoms with Crippen molar-refractivity contribution in [1.29, 1.82) is 5.41 Å². The summed E-state index contributed by atoms with van der Waals surface area (Å²) in [5, 5.41) is 8.95. The monoisotopic (exact) mass is 229 g/mol. The van der Waals surface area contributed by atoms with Gasteiger partial charge in [0, 0.05) is 17.9 Å². The van der Waals surface area contributed by atoms with E-state index in [2.05, 4.69) is 4.98 Å². The van der Waals surface area contributed by atoms with Gasteiger partial charge in [0.25, 0.3) is 0 Å². The molecule has 0 amide bonds. The van der Waals surface area contributed by atoms with Crippen LogP contribution in [0.1, 0.15) is 13.3 Å². The Hall–Kier alpha value is -0.740. The molecule has 1 aromatic rings. The molecule has 0 aromatic carbocycles. The molecule has 1 atom stereocenters. The molecule has 0 aliphatic rings. The molecule has 1 rings (SSSR count). The van der Waals surface area contributed by atoms with Gasteiger partial charge in [-0.2, -0.15) is 0 Å². The Morgan fingerprint density at radius 1 is 1.71 bits per heavy atom. The highest BCUT2D eigenvalue weighted by atomic mass is 35.5. The first-order chi connectivity index (χ1) is 6.58. The normalized spacial score (nSPS) is 12.4. The maximum absolute atomic E-state index is 7.15. The lowest BCUT2D eigenvalue weighted by atomic mass is 10.3. The lowest BCUT2D eigenvalue weighted by Gasteiger charge is -2.08. The van der Waals surface area contributed by atoms with Crippen molar-refractivity contribution >= 4 is 29.2 Å². The Bertz CT molecular complexity index is 312. The van der Waals surface area contributed by atoms with E-state index in [-0.39, 0.29) is 11.1 Å². The molecule has 5 heteroatoms. The molecular formula is C9H12ClN3S. The molecule has 0 spiro atoms. The number of rotatable bonds is 4. The van der Waals surface area contributed by atoms with Gasteiger partial charge in [-0.3, -0.25) is 5.41 Å². The van der Waals surface area contributed by atoms with Crippen molar-refractivity contribution in [1.82, 2.24) is 4.98 Å². The van der Waals surface area contributed by atoms with Crippen molar-refractivity contribution in [2.75, 3.05) is 0 Å². The molecule has 76 valence electrons. The molecular weight excluding hydrogens is 218 g/mol. The number of nitrogens with two attached hydrogens (primary N) is 1. The van der Waals surface area contributed by atoms with Gasteiger partial charge in [0.05, 0.1) is 15.9 Å². The van der Waals surface area contributed by atoms with Crippen LogP contribution in [0.4, 0.5) is 0 Å². The highest BCUT2D eigenvalue weighted by Crippen LogP contribution is 2.23. The van der Waals surface area contributed by atoms with E-state index in [0.717, 1.165) is 5.03 Å². The quantitative estimate of drug-likeness (QED) is 0.474. The van der Waals surface area contributed by atoms with Crippen LogP contribution in [0.25, 0.3) is 0 Å². The Labute approximate surface area is 92.6 Å². The van der Waals surface area contributed by atoms with E-state index in [9.17, 15) is 0 Å². The van der Waals surface area contributed by atoms with Crippen molar-refractivity contribution in [2.24, 2.45) is 5.73 Å². The van der Waals surface area contributed by atoms with Crippen LogP contribution in [-0.2, 0) is 0 Å². The smallest absolute Gasteiger partial charge is 0.0963 e. The van der Waals surface area contributed by atoms with E-state index in [1.54, 1.807) is 24.0 Å². The molecule has 0 fully saturated rings. The van der Waals surface area contributed by atoms with Crippen molar-refractivity contribution in [3.05, 3.63) is 23.4 Å². The summed E-state index contributed by atoms with van der Waals surface area (Å²) in [6, 6.07) is 3.67. The Kier molecular flexibility index (Phi) is 4.22. The Morgan fingerprint density at radius 3 is 2.93 bits per heavy atom. The van der Waals surface area contributed by atoms with E-state index in [1.807, 2.05) is 13.0 Å².